The summed E-state index contributed by atoms with van der Waals surface area (Å²) in [5.74, 6) is 0.787. The largest absolute Gasteiger partial charge is 0.355 e. The van der Waals surface area contributed by atoms with Crippen LogP contribution in [-0.2, 0) is 4.79 Å². The molecule has 22 heavy (non-hydrogen) atoms. The Morgan fingerprint density at radius 1 is 1.41 bits per heavy atom. The van der Waals surface area contributed by atoms with Crippen LogP contribution in [0, 0.1) is 16.7 Å². The first-order valence-electron chi connectivity index (χ1n) is 8.50. The van der Waals surface area contributed by atoms with Gasteiger partial charge in [0.1, 0.15) is 0 Å². The number of amides is 1. The summed E-state index contributed by atoms with van der Waals surface area (Å²) in [4.78, 5) is 14.6. The summed E-state index contributed by atoms with van der Waals surface area (Å²) >= 11 is 0. The molecule has 0 radical (unpaired) electrons. The van der Waals surface area contributed by atoms with Crippen molar-refractivity contribution in [2.45, 2.75) is 47.0 Å². The van der Waals surface area contributed by atoms with Crippen LogP contribution in [-0.4, -0.2) is 50.1 Å². The van der Waals surface area contributed by atoms with Gasteiger partial charge in [0.2, 0.25) is 5.91 Å². The molecule has 0 aromatic heterocycles. The van der Waals surface area contributed by atoms with Crippen molar-refractivity contribution in [3.8, 4) is 0 Å². The molecular weight excluding hydrogens is 298 g/mol. The van der Waals surface area contributed by atoms with Crippen LogP contribution >= 0.6 is 12.4 Å². The summed E-state index contributed by atoms with van der Waals surface area (Å²) < 4.78 is 0. The predicted molar refractivity (Wildman–Crippen MR) is 94.5 cm³/mol. The average Bonchev–Trinajstić information content (AvgIpc) is 2.81. The Morgan fingerprint density at radius 2 is 2.14 bits per heavy atom. The normalized spacial score (nSPS) is 29.9. The number of hydrogen-bond donors (Lipinski definition) is 2. The van der Waals surface area contributed by atoms with E-state index in [9.17, 15) is 4.79 Å². The molecule has 0 saturated carbocycles. The molecule has 2 rings (SSSR count). The van der Waals surface area contributed by atoms with Crippen molar-refractivity contribution < 1.29 is 4.79 Å². The van der Waals surface area contributed by atoms with Crippen LogP contribution in [0.5, 0.6) is 0 Å². The van der Waals surface area contributed by atoms with Crippen molar-refractivity contribution in [2.75, 3.05) is 39.3 Å². The fourth-order valence-corrected chi connectivity index (χ4v) is 3.51. The van der Waals surface area contributed by atoms with Crippen LogP contribution < -0.4 is 10.6 Å². The third kappa shape index (κ3) is 5.71. The summed E-state index contributed by atoms with van der Waals surface area (Å²) in [5, 5.41) is 6.62. The van der Waals surface area contributed by atoms with Gasteiger partial charge in [-0.1, -0.05) is 27.7 Å². The zero-order valence-corrected chi connectivity index (χ0v) is 15.5. The zero-order chi connectivity index (χ0) is 15.5. The maximum absolute atomic E-state index is 12.0. The lowest BCUT2D eigenvalue weighted by atomic mass is 9.87. The Morgan fingerprint density at radius 3 is 2.73 bits per heavy atom. The summed E-state index contributed by atoms with van der Waals surface area (Å²) in [7, 11) is 0. The van der Waals surface area contributed by atoms with E-state index in [1.165, 1.54) is 32.4 Å². The van der Waals surface area contributed by atoms with Gasteiger partial charge in [0.15, 0.2) is 0 Å². The molecule has 0 spiro atoms. The molecule has 4 nitrogen and oxygen atoms in total. The summed E-state index contributed by atoms with van der Waals surface area (Å²) in [6, 6.07) is 0. The fourth-order valence-electron chi connectivity index (χ4n) is 3.51. The lowest BCUT2D eigenvalue weighted by Crippen LogP contribution is -2.46. The predicted octanol–water partition coefficient (Wildman–Crippen LogP) is 2.28. The first kappa shape index (κ1) is 19.7. The molecule has 5 heteroatoms. The molecule has 0 aliphatic carbocycles. The smallest absolute Gasteiger partial charge is 0.225 e. The second-order valence-electron chi connectivity index (χ2n) is 8.44. The monoisotopic (exact) mass is 331 g/mol. The number of carbonyl (C=O) groups is 1. The van der Waals surface area contributed by atoms with Crippen molar-refractivity contribution in [1.82, 2.24) is 15.5 Å². The van der Waals surface area contributed by atoms with Crippen LogP contribution in [0.3, 0.4) is 0 Å². The van der Waals surface area contributed by atoms with Crippen LogP contribution in [0.2, 0.25) is 0 Å². The molecule has 0 aromatic carbocycles. The molecule has 1 amide bonds. The molecule has 2 saturated heterocycles. The molecule has 2 atom stereocenters. The molecule has 2 fully saturated rings. The second-order valence-corrected chi connectivity index (χ2v) is 8.44. The van der Waals surface area contributed by atoms with Crippen molar-refractivity contribution in [3.63, 3.8) is 0 Å². The van der Waals surface area contributed by atoms with Gasteiger partial charge in [0, 0.05) is 31.6 Å². The van der Waals surface area contributed by atoms with Gasteiger partial charge in [-0.05, 0) is 43.7 Å². The third-order valence-corrected chi connectivity index (χ3v) is 4.90. The highest BCUT2D eigenvalue weighted by atomic mass is 35.5. The number of nitrogens with one attached hydrogen (secondary N) is 2. The van der Waals surface area contributed by atoms with E-state index in [4.69, 9.17) is 0 Å². The van der Waals surface area contributed by atoms with Crippen LogP contribution in [0.1, 0.15) is 47.0 Å². The van der Waals surface area contributed by atoms with Crippen LogP contribution in [0.25, 0.3) is 0 Å². The number of hydrogen-bond acceptors (Lipinski definition) is 3. The Hall–Kier alpha value is -0.320. The third-order valence-electron chi connectivity index (χ3n) is 4.90. The molecule has 2 aliphatic rings. The van der Waals surface area contributed by atoms with Gasteiger partial charge in [-0.3, -0.25) is 4.79 Å². The average molecular weight is 332 g/mol. The van der Waals surface area contributed by atoms with Gasteiger partial charge in [0.25, 0.3) is 0 Å². The van der Waals surface area contributed by atoms with E-state index in [0.717, 1.165) is 26.2 Å². The topological polar surface area (TPSA) is 44.4 Å². The van der Waals surface area contributed by atoms with E-state index in [1.807, 2.05) is 20.8 Å². The second kappa shape index (κ2) is 7.98. The lowest BCUT2D eigenvalue weighted by molar-refractivity contribution is -0.128. The molecule has 130 valence electrons. The SMILES string of the molecule is CC1(CN2CCCC(CNC(=O)C(C)(C)C)C2)CCNC1.Cl. The van der Waals surface area contributed by atoms with E-state index in [0.29, 0.717) is 11.3 Å². The minimum Gasteiger partial charge on any atom is -0.355 e. The molecule has 2 N–H and O–H groups in total. The Labute approximate surface area is 142 Å². The van der Waals surface area contributed by atoms with Gasteiger partial charge in [-0.2, -0.15) is 0 Å². The summed E-state index contributed by atoms with van der Waals surface area (Å²) in [6.45, 7) is 15.0. The van der Waals surface area contributed by atoms with Crippen molar-refractivity contribution in [2.24, 2.45) is 16.7 Å². The molecule has 2 heterocycles. The Balaban J connectivity index is 0.00000242. The van der Waals surface area contributed by atoms with Crippen LogP contribution in [0.4, 0.5) is 0 Å². The van der Waals surface area contributed by atoms with Gasteiger partial charge in [-0.25, -0.2) is 0 Å². The summed E-state index contributed by atoms with van der Waals surface area (Å²) in [6.07, 6.45) is 3.80. The van der Waals surface area contributed by atoms with Gasteiger partial charge >= 0.3 is 0 Å². The van der Waals surface area contributed by atoms with E-state index in [2.05, 4.69) is 22.5 Å². The van der Waals surface area contributed by atoms with E-state index in [1.54, 1.807) is 0 Å². The lowest BCUT2D eigenvalue weighted by Gasteiger charge is -2.38. The van der Waals surface area contributed by atoms with Gasteiger partial charge in [-0.15, -0.1) is 12.4 Å². The first-order chi connectivity index (χ1) is 9.78. The fraction of sp³-hybridized carbons (Fsp3) is 0.941. The van der Waals surface area contributed by atoms with Crippen LogP contribution in [0.15, 0.2) is 0 Å². The highest BCUT2D eigenvalue weighted by Crippen LogP contribution is 2.28. The Kier molecular flexibility index (Phi) is 7.16. The summed E-state index contributed by atoms with van der Waals surface area (Å²) in [5.41, 5.74) is 0.161. The minimum atomic E-state index is -0.280. The standard InChI is InChI=1S/C17H33N3O.ClH/c1-16(2,3)15(21)19-10-14-6-5-9-20(11-14)13-17(4)7-8-18-12-17;/h14,18H,5-13H2,1-4H3,(H,19,21);1H. The van der Waals surface area contributed by atoms with Crippen molar-refractivity contribution in [1.29, 1.82) is 0 Å². The highest BCUT2D eigenvalue weighted by molar-refractivity contribution is 5.85. The first-order valence-corrected chi connectivity index (χ1v) is 8.50. The number of carbonyl (C=O) groups excluding carboxylic acids is 1. The van der Waals surface area contributed by atoms with E-state index in [-0.39, 0.29) is 23.7 Å². The maximum Gasteiger partial charge on any atom is 0.225 e. The van der Waals surface area contributed by atoms with E-state index >= 15 is 0 Å². The molecular formula is C17H34ClN3O. The highest BCUT2D eigenvalue weighted by Gasteiger charge is 2.32. The van der Waals surface area contributed by atoms with Crippen molar-refractivity contribution >= 4 is 18.3 Å². The van der Waals surface area contributed by atoms with Gasteiger partial charge in [0.05, 0.1) is 0 Å². The number of halogens is 1. The zero-order valence-electron chi connectivity index (χ0n) is 14.7. The maximum atomic E-state index is 12.0. The molecule has 0 bridgehead atoms. The number of likely N-dealkylation sites (tertiary alicyclic amines) is 1. The molecule has 2 unspecified atom stereocenters. The molecule has 2 aliphatic heterocycles. The minimum absolute atomic E-state index is 0. The quantitative estimate of drug-likeness (QED) is 0.830. The Bertz CT molecular complexity index is 361. The van der Waals surface area contributed by atoms with E-state index < -0.39 is 0 Å². The van der Waals surface area contributed by atoms with Crippen molar-refractivity contribution in [3.05, 3.63) is 0 Å². The number of rotatable bonds is 4. The van der Waals surface area contributed by atoms with Gasteiger partial charge < -0.3 is 15.5 Å². The number of nitrogens with zero attached hydrogens (tertiary/aromatic N) is 1. The number of piperidine rings is 1. The molecule has 0 aromatic rings.